The maximum absolute atomic E-state index is 11.7. The summed E-state index contributed by atoms with van der Waals surface area (Å²) in [5.74, 6) is -1.62. The van der Waals surface area contributed by atoms with Gasteiger partial charge in [-0.3, -0.25) is 14.4 Å². The molecule has 2 unspecified atom stereocenters. The van der Waals surface area contributed by atoms with Crippen molar-refractivity contribution in [3.8, 4) is 0 Å². The largest absolute Gasteiger partial charge is 0.469 e. The summed E-state index contributed by atoms with van der Waals surface area (Å²) >= 11 is 0. The average Bonchev–Trinajstić information content (AvgIpc) is 2.42. The predicted octanol–water partition coefficient (Wildman–Crippen LogP) is 1.71. The predicted molar refractivity (Wildman–Crippen MR) is 71.8 cm³/mol. The summed E-state index contributed by atoms with van der Waals surface area (Å²) in [6.07, 6.45) is 2.31. The molecule has 6 nitrogen and oxygen atoms in total. The fraction of sp³-hybridized carbons (Fsp3) is 0.786. The van der Waals surface area contributed by atoms with Gasteiger partial charge >= 0.3 is 17.9 Å². The third-order valence-electron chi connectivity index (χ3n) is 3.16. The molecule has 0 aromatic rings. The number of ether oxygens (including phenoxy) is 3. The highest BCUT2D eigenvalue weighted by Crippen LogP contribution is 2.23. The molecule has 20 heavy (non-hydrogen) atoms. The van der Waals surface area contributed by atoms with E-state index in [2.05, 4.69) is 4.74 Å². The quantitative estimate of drug-likeness (QED) is 0.365. The molecule has 0 saturated carbocycles. The van der Waals surface area contributed by atoms with Gasteiger partial charge in [0.2, 0.25) is 0 Å². The van der Waals surface area contributed by atoms with Crippen LogP contribution in [0.3, 0.4) is 0 Å². The first-order chi connectivity index (χ1) is 9.42. The first kappa shape index (κ1) is 18.4. The lowest BCUT2D eigenvalue weighted by atomic mass is 9.87. The molecule has 0 aliphatic rings. The highest BCUT2D eigenvalue weighted by Gasteiger charge is 2.28. The normalized spacial score (nSPS) is 13.2. The standard InChI is InChI=1S/C14H24O6/c1-10(7-5-6-8-20-11(2)15)12(14(17)19-4)9-13(16)18-3/h10,12H,5-9H2,1-4H3. The van der Waals surface area contributed by atoms with E-state index in [1.54, 1.807) is 0 Å². The molecule has 116 valence electrons. The Labute approximate surface area is 119 Å². The second-order valence-electron chi connectivity index (χ2n) is 4.72. The van der Waals surface area contributed by atoms with Crippen LogP contribution in [0.5, 0.6) is 0 Å². The zero-order chi connectivity index (χ0) is 15.5. The van der Waals surface area contributed by atoms with Gasteiger partial charge in [0.1, 0.15) is 0 Å². The van der Waals surface area contributed by atoms with E-state index in [9.17, 15) is 14.4 Å². The molecule has 0 amide bonds. The fourth-order valence-corrected chi connectivity index (χ4v) is 1.92. The van der Waals surface area contributed by atoms with E-state index >= 15 is 0 Å². The molecule has 0 aliphatic heterocycles. The molecule has 2 atom stereocenters. The first-order valence-electron chi connectivity index (χ1n) is 6.70. The number of rotatable bonds is 9. The molecule has 0 fully saturated rings. The maximum atomic E-state index is 11.7. The van der Waals surface area contributed by atoms with Crippen LogP contribution in [0.4, 0.5) is 0 Å². The molecule has 0 N–H and O–H groups in total. The Hall–Kier alpha value is -1.59. The lowest BCUT2D eigenvalue weighted by Gasteiger charge is -2.20. The van der Waals surface area contributed by atoms with Gasteiger partial charge in [0, 0.05) is 6.92 Å². The van der Waals surface area contributed by atoms with Crippen LogP contribution < -0.4 is 0 Å². The summed E-state index contributed by atoms with van der Waals surface area (Å²) in [4.78, 5) is 33.6. The van der Waals surface area contributed by atoms with Gasteiger partial charge in [-0.1, -0.05) is 6.92 Å². The molecule has 0 saturated heterocycles. The zero-order valence-electron chi connectivity index (χ0n) is 12.6. The SMILES string of the molecule is COC(=O)CC(C(=O)OC)C(C)CCCCOC(C)=O. The second kappa shape index (κ2) is 10.2. The molecule has 0 heterocycles. The minimum Gasteiger partial charge on any atom is -0.469 e. The third kappa shape index (κ3) is 7.76. The van der Waals surface area contributed by atoms with Crippen molar-refractivity contribution in [1.29, 1.82) is 0 Å². The van der Waals surface area contributed by atoms with Gasteiger partial charge < -0.3 is 14.2 Å². The molecule has 0 rings (SSSR count). The lowest BCUT2D eigenvalue weighted by Crippen LogP contribution is -2.26. The van der Waals surface area contributed by atoms with E-state index in [0.717, 1.165) is 19.3 Å². The Bertz CT molecular complexity index is 326. The van der Waals surface area contributed by atoms with E-state index in [1.165, 1.54) is 21.1 Å². The highest BCUT2D eigenvalue weighted by molar-refractivity contribution is 5.80. The van der Waals surface area contributed by atoms with Crippen molar-refractivity contribution in [1.82, 2.24) is 0 Å². The highest BCUT2D eigenvalue weighted by atomic mass is 16.5. The third-order valence-corrected chi connectivity index (χ3v) is 3.16. The van der Waals surface area contributed by atoms with Gasteiger partial charge in [-0.2, -0.15) is 0 Å². The number of methoxy groups -OCH3 is 2. The van der Waals surface area contributed by atoms with Crippen LogP contribution in [0.25, 0.3) is 0 Å². The van der Waals surface area contributed by atoms with Gasteiger partial charge in [0.15, 0.2) is 0 Å². The molecule has 0 aromatic carbocycles. The number of hydrogen-bond donors (Lipinski definition) is 0. The summed E-state index contributed by atoms with van der Waals surface area (Å²) in [6.45, 7) is 3.64. The van der Waals surface area contributed by atoms with Crippen LogP contribution in [0.1, 0.15) is 39.5 Å². The van der Waals surface area contributed by atoms with Crippen molar-refractivity contribution < 1.29 is 28.6 Å². The molecule has 0 spiro atoms. The van der Waals surface area contributed by atoms with Gasteiger partial charge in [-0.25, -0.2) is 0 Å². The Morgan fingerprint density at radius 3 is 2.20 bits per heavy atom. The topological polar surface area (TPSA) is 78.9 Å². The average molecular weight is 288 g/mol. The second-order valence-corrected chi connectivity index (χ2v) is 4.72. The van der Waals surface area contributed by atoms with Crippen molar-refractivity contribution in [2.24, 2.45) is 11.8 Å². The summed E-state index contributed by atoms with van der Waals surface area (Å²) in [7, 11) is 2.60. The van der Waals surface area contributed by atoms with E-state index < -0.39 is 17.9 Å². The van der Waals surface area contributed by atoms with Crippen molar-refractivity contribution >= 4 is 17.9 Å². The Balaban J connectivity index is 4.20. The number of hydrogen-bond acceptors (Lipinski definition) is 6. The van der Waals surface area contributed by atoms with Crippen LogP contribution in [0.2, 0.25) is 0 Å². The smallest absolute Gasteiger partial charge is 0.309 e. The lowest BCUT2D eigenvalue weighted by molar-refractivity contribution is -0.154. The molecular formula is C14H24O6. The van der Waals surface area contributed by atoms with Gasteiger partial charge in [-0.05, 0) is 25.2 Å². The van der Waals surface area contributed by atoms with E-state index in [4.69, 9.17) is 9.47 Å². The van der Waals surface area contributed by atoms with Crippen molar-refractivity contribution in [3.63, 3.8) is 0 Å². The fourth-order valence-electron chi connectivity index (χ4n) is 1.92. The van der Waals surface area contributed by atoms with E-state index in [-0.39, 0.29) is 18.3 Å². The van der Waals surface area contributed by atoms with Crippen LogP contribution in [-0.4, -0.2) is 38.7 Å². The Morgan fingerprint density at radius 2 is 1.70 bits per heavy atom. The minimum atomic E-state index is -0.499. The molecule has 0 bridgehead atoms. The molecule has 6 heteroatoms. The van der Waals surface area contributed by atoms with Crippen LogP contribution in [0, 0.1) is 11.8 Å². The van der Waals surface area contributed by atoms with Crippen LogP contribution in [-0.2, 0) is 28.6 Å². The maximum Gasteiger partial charge on any atom is 0.309 e. The van der Waals surface area contributed by atoms with Crippen molar-refractivity contribution in [3.05, 3.63) is 0 Å². The Kier molecular flexibility index (Phi) is 9.41. The number of esters is 3. The van der Waals surface area contributed by atoms with Crippen molar-refractivity contribution in [2.75, 3.05) is 20.8 Å². The number of unbranched alkanes of at least 4 members (excludes halogenated alkanes) is 1. The summed E-state index contributed by atoms with van der Waals surface area (Å²) in [5, 5.41) is 0. The minimum absolute atomic E-state index is 0.00104. The number of carbonyl (C=O) groups is 3. The summed E-state index contributed by atoms with van der Waals surface area (Å²) in [5.41, 5.74) is 0. The molecular weight excluding hydrogens is 264 g/mol. The number of carbonyl (C=O) groups excluding carboxylic acids is 3. The van der Waals surface area contributed by atoms with Crippen molar-refractivity contribution in [2.45, 2.75) is 39.5 Å². The Morgan fingerprint density at radius 1 is 1.05 bits per heavy atom. The van der Waals surface area contributed by atoms with Gasteiger partial charge in [0.05, 0.1) is 33.2 Å². The molecule has 0 radical (unpaired) electrons. The first-order valence-corrected chi connectivity index (χ1v) is 6.70. The van der Waals surface area contributed by atoms with E-state index in [0.29, 0.717) is 6.61 Å². The van der Waals surface area contributed by atoms with E-state index in [1.807, 2.05) is 6.92 Å². The summed E-state index contributed by atoms with van der Waals surface area (Å²) in [6, 6.07) is 0. The zero-order valence-corrected chi connectivity index (χ0v) is 12.6. The van der Waals surface area contributed by atoms with Gasteiger partial charge in [0.25, 0.3) is 0 Å². The summed E-state index contributed by atoms with van der Waals surface area (Å²) < 4.78 is 14.1. The van der Waals surface area contributed by atoms with Crippen LogP contribution in [0.15, 0.2) is 0 Å². The monoisotopic (exact) mass is 288 g/mol. The molecule has 0 aliphatic carbocycles. The molecule has 0 aromatic heterocycles. The van der Waals surface area contributed by atoms with Gasteiger partial charge in [-0.15, -0.1) is 0 Å². The van der Waals surface area contributed by atoms with Crippen LogP contribution >= 0.6 is 0 Å².